The highest BCUT2D eigenvalue weighted by Gasteiger charge is 2.09. The number of hydrogen-bond donors (Lipinski definition) is 1. The van der Waals surface area contributed by atoms with Gasteiger partial charge in [-0.05, 0) is 18.1 Å². The molecule has 1 aromatic heterocycles. The summed E-state index contributed by atoms with van der Waals surface area (Å²) < 4.78 is 0. The Kier molecular flexibility index (Phi) is 4.28. The Balaban J connectivity index is 2.79. The fourth-order valence-corrected chi connectivity index (χ4v) is 1.45. The highest BCUT2D eigenvalue weighted by molar-refractivity contribution is 5.85. The van der Waals surface area contributed by atoms with Crippen LogP contribution in [0.3, 0.4) is 0 Å². The Morgan fingerprint density at radius 3 is 2.81 bits per heavy atom. The predicted molar refractivity (Wildman–Crippen MR) is 63.9 cm³/mol. The fraction of sp³-hybridized carbons (Fsp3) is 0.500. The zero-order valence-electron chi connectivity index (χ0n) is 9.97. The van der Waals surface area contributed by atoms with E-state index in [0.29, 0.717) is 11.7 Å². The lowest BCUT2D eigenvalue weighted by Crippen LogP contribution is -2.24. The molecule has 4 nitrogen and oxygen atoms in total. The number of carboxylic acid groups (broad SMARTS) is 1. The average molecular weight is 222 g/mol. The molecule has 0 aliphatic carbocycles. The number of aromatic carboxylic acids is 1. The third-order valence-electron chi connectivity index (χ3n) is 2.63. The van der Waals surface area contributed by atoms with E-state index in [-0.39, 0.29) is 5.69 Å². The number of pyridine rings is 1. The molecule has 0 radical (unpaired) electrons. The van der Waals surface area contributed by atoms with E-state index in [4.69, 9.17) is 5.11 Å². The molecule has 1 rings (SSSR count). The molecule has 4 heteroatoms. The normalized spacial score (nSPS) is 12.2. The minimum Gasteiger partial charge on any atom is -0.477 e. The first-order valence-corrected chi connectivity index (χ1v) is 5.46. The summed E-state index contributed by atoms with van der Waals surface area (Å²) in [5, 5.41) is 8.84. The summed E-state index contributed by atoms with van der Waals surface area (Å²) in [5.41, 5.74) is 0.0912. The molecule has 1 N–H and O–H groups in total. The summed E-state index contributed by atoms with van der Waals surface area (Å²) in [6.07, 6.45) is 1.10. The molecule has 88 valence electrons. The largest absolute Gasteiger partial charge is 0.477 e. The maximum atomic E-state index is 10.8. The minimum absolute atomic E-state index is 0.0912. The van der Waals surface area contributed by atoms with Gasteiger partial charge in [-0.1, -0.05) is 26.3 Å². The standard InChI is InChI=1S/C12H18N2O2/c1-4-9(2)8-14(3)11-7-5-6-10(13-11)12(15)16/h5-7,9H,4,8H2,1-3H3,(H,15,16). The van der Waals surface area contributed by atoms with Crippen LogP contribution in [-0.2, 0) is 0 Å². The lowest BCUT2D eigenvalue weighted by Gasteiger charge is -2.21. The molecular formula is C12H18N2O2. The van der Waals surface area contributed by atoms with Gasteiger partial charge in [0.15, 0.2) is 5.69 Å². The second-order valence-corrected chi connectivity index (χ2v) is 4.08. The Bertz CT molecular complexity index is 366. The molecule has 0 saturated carbocycles. The van der Waals surface area contributed by atoms with Gasteiger partial charge < -0.3 is 10.0 Å². The van der Waals surface area contributed by atoms with Gasteiger partial charge >= 0.3 is 5.97 Å². The number of anilines is 1. The third kappa shape index (κ3) is 3.22. The van der Waals surface area contributed by atoms with Gasteiger partial charge in [-0.25, -0.2) is 9.78 Å². The summed E-state index contributed by atoms with van der Waals surface area (Å²) >= 11 is 0. The molecule has 1 heterocycles. The average Bonchev–Trinajstić information content (AvgIpc) is 2.28. The second-order valence-electron chi connectivity index (χ2n) is 4.08. The van der Waals surface area contributed by atoms with Gasteiger partial charge in [0.25, 0.3) is 0 Å². The SMILES string of the molecule is CCC(C)CN(C)c1cccc(C(=O)O)n1. The minimum atomic E-state index is -0.987. The predicted octanol–water partition coefficient (Wildman–Crippen LogP) is 2.26. The first-order chi connectivity index (χ1) is 7.54. The zero-order valence-corrected chi connectivity index (χ0v) is 9.97. The van der Waals surface area contributed by atoms with Gasteiger partial charge in [0.1, 0.15) is 5.82 Å². The van der Waals surface area contributed by atoms with Gasteiger partial charge in [-0.2, -0.15) is 0 Å². The van der Waals surface area contributed by atoms with Gasteiger partial charge in [-0.15, -0.1) is 0 Å². The smallest absolute Gasteiger partial charge is 0.354 e. The molecule has 0 aliphatic heterocycles. The number of rotatable bonds is 5. The van der Waals surface area contributed by atoms with Crippen LogP contribution >= 0.6 is 0 Å². The van der Waals surface area contributed by atoms with Crippen LogP contribution in [-0.4, -0.2) is 29.7 Å². The van der Waals surface area contributed by atoms with Crippen LogP contribution in [0.15, 0.2) is 18.2 Å². The Morgan fingerprint density at radius 2 is 2.25 bits per heavy atom. The summed E-state index contributed by atoms with van der Waals surface area (Å²) in [6.45, 7) is 5.18. The van der Waals surface area contributed by atoms with E-state index in [1.54, 1.807) is 6.07 Å². The summed E-state index contributed by atoms with van der Waals surface area (Å²) in [5.74, 6) is 0.291. The van der Waals surface area contributed by atoms with E-state index in [2.05, 4.69) is 18.8 Å². The van der Waals surface area contributed by atoms with E-state index >= 15 is 0 Å². The molecular weight excluding hydrogens is 204 g/mol. The maximum absolute atomic E-state index is 10.8. The maximum Gasteiger partial charge on any atom is 0.354 e. The molecule has 1 unspecified atom stereocenters. The van der Waals surface area contributed by atoms with E-state index in [1.807, 2.05) is 18.0 Å². The highest BCUT2D eigenvalue weighted by atomic mass is 16.4. The van der Waals surface area contributed by atoms with E-state index in [1.165, 1.54) is 6.07 Å². The van der Waals surface area contributed by atoms with Crippen LogP contribution in [0.2, 0.25) is 0 Å². The summed E-state index contributed by atoms with van der Waals surface area (Å²) in [4.78, 5) is 16.8. The number of nitrogens with zero attached hydrogens (tertiary/aromatic N) is 2. The van der Waals surface area contributed by atoms with E-state index in [0.717, 1.165) is 13.0 Å². The molecule has 0 spiro atoms. The lowest BCUT2D eigenvalue weighted by molar-refractivity contribution is 0.0690. The molecule has 1 aromatic rings. The first-order valence-electron chi connectivity index (χ1n) is 5.46. The number of hydrogen-bond acceptors (Lipinski definition) is 3. The second kappa shape index (κ2) is 5.49. The van der Waals surface area contributed by atoms with Crippen molar-refractivity contribution >= 4 is 11.8 Å². The van der Waals surface area contributed by atoms with Gasteiger partial charge in [0.05, 0.1) is 0 Å². The van der Waals surface area contributed by atoms with Crippen molar-refractivity contribution in [2.45, 2.75) is 20.3 Å². The number of carbonyl (C=O) groups is 1. The highest BCUT2D eigenvalue weighted by Crippen LogP contribution is 2.12. The van der Waals surface area contributed by atoms with Crippen molar-refractivity contribution in [2.24, 2.45) is 5.92 Å². The first kappa shape index (κ1) is 12.5. The monoisotopic (exact) mass is 222 g/mol. The van der Waals surface area contributed by atoms with Crippen LogP contribution in [0.5, 0.6) is 0 Å². The number of carboxylic acids is 1. The van der Waals surface area contributed by atoms with Crippen molar-refractivity contribution in [3.63, 3.8) is 0 Å². The van der Waals surface area contributed by atoms with Crippen LogP contribution in [0.25, 0.3) is 0 Å². The van der Waals surface area contributed by atoms with Crippen molar-refractivity contribution in [3.8, 4) is 0 Å². The van der Waals surface area contributed by atoms with Crippen molar-refractivity contribution < 1.29 is 9.90 Å². The molecule has 1 atom stereocenters. The van der Waals surface area contributed by atoms with Crippen LogP contribution in [0.1, 0.15) is 30.8 Å². The van der Waals surface area contributed by atoms with Gasteiger partial charge in [0, 0.05) is 13.6 Å². The molecule has 0 aliphatic rings. The Morgan fingerprint density at radius 1 is 1.56 bits per heavy atom. The quantitative estimate of drug-likeness (QED) is 0.830. The summed E-state index contributed by atoms with van der Waals surface area (Å²) in [6, 6.07) is 5.05. The van der Waals surface area contributed by atoms with Crippen LogP contribution < -0.4 is 4.90 Å². The Hall–Kier alpha value is -1.58. The number of aromatic nitrogens is 1. The molecule has 0 amide bonds. The van der Waals surface area contributed by atoms with Crippen molar-refractivity contribution in [2.75, 3.05) is 18.5 Å². The Labute approximate surface area is 95.9 Å². The van der Waals surface area contributed by atoms with Crippen LogP contribution in [0.4, 0.5) is 5.82 Å². The molecule has 0 saturated heterocycles. The molecule has 0 aromatic carbocycles. The third-order valence-corrected chi connectivity index (χ3v) is 2.63. The molecule has 16 heavy (non-hydrogen) atoms. The summed E-state index contributed by atoms with van der Waals surface area (Å²) in [7, 11) is 1.93. The van der Waals surface area contributed by atoms with Gasteiger partial charge in [-0.3, -0.25) is 0 Å². The van der Waals surface area contributed by atoms with Crippen molar-refractivity contribution in [1.29, 1.82) is 0 Å². The fourth-order valence-electron chi connectivity index (χ4n) is 1.45. The molecule has 0 fully saturated rings. The van der Waals surface area contributed by atoms with Crippen molar-refractivity contribution in [1.82, 2.24) is 4.98 Å². The zero-order chi connectivity index (χ0) is 12.1. The lowest BCUT2D eigenvalue weighted by atomic mass is 10.1. The van der Waals surface area contributed by atoms with E-state index in [9.17, 15) is 4.79 Å². The topological polar surface area (TPSA) is 53.4 Å². The van der Waals surface area contributed by atoms with Crippen molar-refractivity contribution in [3.05, 3.63) is 23.9 Å². The van der Waals surface area contributed by atoms with Crippen LogP contribution in [0, 0.1) is 5.92 Å². The molecule has 0 bridgehead atoms. The van der Waals surface area contributed by atoms with E-state index < -0.39 is 5.97 Å². The van der Waals surface area contributed by atoms with Gasteiger partial charge in [0.2, 0.25) is 0 Å².